The Morgan fingerprint density at radius 1 is 1.27 bits per heavy atom. The van der Waals surface area contributed by atoms with E-state index >= 15 is 0 Å². The molecule has 0 saturated heterocycles. The third kappa shape index (κ3) is 26.6. The van der Waals surface area contributed by atoms with Crippen LogP contribution in [0, 0.1) is 0 Å². The van der Waals surface area contributed by atoms with Gasteiger partial charge in [0, 0.05) is 27.2 Å². The lowest BCUT2D eigenvalue weighted by Gasteiger charge is -2.03. The normalized spacial score (nSPS) is 8.55. The third-order valence-corrected chi connectivity index (χ3v) is 0.787. The van der Waals surface area contributed by atoms with Crippen molar-refractivity contribution in [1.82, 2.24) is 9.80 Å². The molecule has 4 heteroatoms. The van der Waals surface area contributed by atoms with Crippen LogP contribution in [-0.2, 0) is 4.79 Å². The second kappa shape index (κ2) is 9.39. The highest BCUT2D eigenvalue weighted by molar-refractivity contribution is 5.45. The molecule has 11 heavy (non-hydrogen) atoms. The minimum atomic E-state index is 0.750. The van der Waals surface area contributed by atoms with Crippen molar-refractivity contribution in [3.8, 4) is 0 Å². The first kappa shape index (κ1) is 13.0. The molecule has 0 heterocycles. The van der Waals surface area contributed by atoms with Gasteiger partial charge in [0.05, 0.1) is 0 Å². The van der Waals surface area contributed by atoms with E-state index in [2.05, 4.69) is 4.90 Å². The van der Waals surface area contributed by atoms with Crippen molar-refractivity contribution >= 4 is 6.41 Å². The molecule has 0 aromatic heterocycles. The molecular weight excluding hydrogens is 142 g/mol. The van der Waals surface area contributed by atoms with E-state index in [0.717, 1.165) is 19.5 Å². The van der Waals surface area contributed by atoms with Crippen LogP contribution in [0.25, 0.3) is 0 Å². The van der Waals surface area contributed by atoms with E-state index in [1.165, 1.54) is 4.90 Å². The van der Waals surface area contributed by atoms with Crippen molar-refractivity contribution in [3.63, 3.8) is 0 Å². The standard InChI is InChI=1S/C4H12N2.C3H7NO/c1-6(2)4-3-5;1-4(2)3-5/h3-5H2,1-2H3;3H,1-2H3. The van der Waals surface area contributed by atoms with E-state index in [1.807, 2.05) is 14.1 Å². The Kier molecular flexibility index (Phi) is 11.1. The summed E-state index contributed by atoms with van der Waals surface area (Å²) in [6.45, 7) is 1.74. The van der Waals surface area contributed by atoms with Gasteiger partial charge >= 0.3 is 0 Å². The van der Waals surface area contributed by atoms with Crippen LogP contribution in [0.2, 0.25) is 0 Å². The van der Waals surface area contributed by atoms with E-state index < -0.39 is 0 Å². The lowest BCUT2D eigenvalue weighted by molar-refractivity contribution is -0.115. The molecule has 0 saturated carbocycles. The number of rotatable bonds is 3. The van der Waals surface area contributed by atoms with Crippen LogP contribution < -0.4 is 5.73 Å². The Labute approximate surface area is 69.0 Å². The maximum absolute atomic E-state index is 9.43. The monoisotopic (exact) mass is 161 g/mol. The summed E-state index contributed by atoms with van der Waals surface area (Å²) in [4.78, 5) is 12.9. The molecule has 0 aliphatic heterocycles. The summed E-state index contributed by atoms with van der Waals surface area (Å²) in [5, 5.41) is 0. The molecule has 0 aromatic rings. The van der Waals surface area contributed by atoms with Crippen molar-refractivity contribution in [2.45, 2.75) is 0 Å². The van der Waals surface area contributed by atoms with Crippen LogP contribution in [0.15, 0.2) is 0 Å². The number of hydrogen-bond acceptors (Lipinski definition) is 3. The summed E-state index contributed by atoms with van der Waals surface area (Å²) < 4.78 is 0. The smallest absolute Gasteiger partial charge is 0.209 e. The van der Waals surface area contributed by atoms with Gasteiger partial charge in [0.1, 0.15) is 0 Å². The van der Waals surface area contributed by atoms with Gasteiger partial charge in [-0.3, -0.25) is 4.79 Å². The molecule has 68 valence electrons. The molecular formula is C7H19N3O. The summed E-state index contributed by atoms with van der Waals surface area (Å²) in [5.74, 6) is 0. The average Bonchev–Trinajstić information content (AvgIpc) is 1.89. The molecule has 0 spiro atoms. The predicted octanol–water partition coefficient (Wildman–Crippen LogP) is -0.789. The highest BCUT2D eigenvalue weighted by Gasteiger charge is 1.79. The summed E-state index contributed by atoms with van der Waals surface area (Å²) in [6, 6.07) is 0. The predicted molar refractivity (Wildman–Crippen MR) is 47.4 cm³/mol. The van der Waals surface area contributed by atoms with E-state index in [9.17, 15) is 4.79 Å². The quantitative estimate of drug-likeness (QED) is 0.552. The zero-order chi connectivity index (χ0) is 9.28. The van der Waals surface area contributed by atoms with Gasteiger partial charge in [-0.15, -0.1) is 0 Å². The zero-order valence-electron chi connectivity index (χ0n) is 7.87. The first-order valence-corrected chi connectivity index (χ1v) is 3.51. The Morgan fingerprint density at radius 2 is 1.64 bits per heavy atom. The summed E-state index contributed by atoms with van der Waals surface area (Å²) in [7, 11) is 7.39. The zero-order valence-corrected chi connectivity index (χ0v) is 7.87. The Morgan fingerprint density at radius 3 is 1.64 bits per heavy atom. The number of hydrogen-bond donors (Lipinski definition) is 1. The van der Waals surface area contributed by atoms with E-state index in [-0.39, 0.29) is 0 Å². The maximum Gasteiger partial charge on any atom is 0.209 e. The Bertz CT molecular complexity index is 83.8. The number of nitrogens with zero attached hydrogens (tertiary/aromatic N) is 2. The topological polar surface area (TPSA) is 49.6 Å². The number of amides is 1. The first-order chi connectivity index (χ1) is 5.04. The SMILES string of the molecule is CN(C)C=O.CN(C)CCN. The van der Waals surface area contributed by atoms with Gasteiger partial charge in [0.25, 0.3) is 0 Å². The van der Waals surface area contributed by atoms with Crippen LogP contribution in [0.5, 0.6) is 0 Å². The number of nitrogens with two attached hydrogens (primary N) is 1. The Hall–Kier alpha value is -0.610. The van der Waals surface area contributed by atoms with Gasteiger partial charge in [-0.25, -0.2) is 0 Å². The van der Waals surface area contributed by atoms with Crippen molar-refractivity contribution in [2.24, 2.45) is 5.73 Å². The largest absolute Gasteiger partial charge is 0.351 e. The molecule has 0 unspecified atom stereocenters. The molecule has 0 bridgehead atoms. The molecule has 1 amide bonds. The van der Waals surface area contributed by atoms with Crippen LogP contribution in [-0.4, -0.2) is 57.5 Å². The molecule has 0 aromatic carbocycles. The van der Waals surface area contributed by atoms with Gasteiger partial charge in [-0.1, -0.05) is 0 Å². The second-order valence-electron chi connectivity index (χ2n) is 2.66. The molecule has 4 nitrogen and oxygen atoms in total. The van der Waals surface area contributed by atoms with Gasteiger partial charge < -0.3 is 15.5 Å². The average molecular weight is 161 g/mol. The number of carbonyl (C=O) groups excluding carboxylic acids is 1. The molecule has 0 aliphatic rings. The highest BCUT2D eigenvalue weighted by atomic mass is 16.1. The van der Waals surface area contributed by atoms with E-state index in [0.29, 0.717) is 0 Å². The Balaban J connectivity index is 0. The van der Waals surface area contributed by atoms with E-state index in [4.69, 9.17) is 5.73 Å². The fourth-order valence-electron chi connectivity index (χ4n) is 0.258. The van der Waals surface area contributed by atoms with Crippen molar-refractivity contribution in [2.75, 3.05) is 41.3 Å². The third-order valence-electron chi connectivity index (χ3n) is 0.787. The molecule has 0 aliphatic carbocycles. The van der Waals surface area contributed by atoms with Gasteiger partial charge in [0.15, 0.2) is 0 Å². The summed E-state index contributed by atoms with van der Waals surface area (Å²) in [5.41, 5.74) is 5.19. The lowest BCUT2D eigenvalue weighted by Crippen LogP contribution is -2.20. The number of carbonyl (C=O) groups is 1. The van der Waals surface area contributed by atoms with Crippen LogP contribution in [0.1, 0.15) is 0 Å². The van der Waals surface area contributed by atoms with Crippen molar-refractivity contribution < 1.29 is 4.79 Å². The summed E-state index contributed by atoms with van der Waals surface area (Å²) in [6.07, 6.45) is 0.750. The highest BCUT2D eigenvalue weighted by Crippen LogP contribution is 1.64. The van der Waals surface area contributed by atoms with Crippen LogP contribution in [0.3, 0.4) is 0 Å². The van der Waals surface area contributed by atoms with Crippen LogP contribution >= 0.6 is 0 Å². The fourth-order valence-corrected chi connectivity index (χ4v) is 0.258. The molecule has 2 N–H and O–H groups in total. The van der Waals surface area contributed by atoms with Gasteiger partial charge in [0.2, 0.25) is 6.41 Å². The second-order valence-corrected chi connectivity index (χ2v) is 2.66. The van der Waals surface area contributed by atoms with Gasteiger partial charge in [-0.05, 0) is 14.1 Å². The van der Waals surface area contributed by atoms with E-state index in [1.54, 1.807) is 14.1 Å². The van der Waals surface area contributed by atoms with Gasteiger partial charge in [-0.2, -0.15) is 0 Å². The molecule has 0 radical (unpaired) electrons. The minimum Gasteiger partial charge on any atom is -0.351 e. The maximum atomic E-state index is 9.43. The summed E-state index contributed by atoms with van der Waals surface area (Å²) >= 11 is 0. The number of likely N-dealkylation sites (N-methyl/N-ethyl adjacent to an activating group) is 1. The van der Waals surface area contributed by atoms with Crippen molar-refractivity contribution in [1.29, 1.82) is 0 Å². The lowest BCUT2D eigenvalue weighted by atomic mass is 10.6. The fraction of sp³-hybridized carbons (Fsp3) is 0.857. The molecule has 0 fully saturated rings. The molecule has 0 rings (SSSR count). The molecule has 0 atom stereocenters. The van der Waals surface area contributed by atoms with Crippen LogP contribution in [0.4, 0.5) is 0 Å². The first-order valence-electron chi connectivity index (χ1n) is 3.51. The minimum absolute atomic E-state index is 0.750. The van der Waals surface area contributed by atoms with Crippen molar-refractivity contribution in [3.05, 3.63) is 0 Å².